The lowest BCUT2D eigenvalue weighted by atomic mass is 10.2. The molecule has 0 bridgehead atoms. The van der Waals surface area contributed by atoms with Crippen LogP contribution in [0.25, 0.3) is 0 Å². The Morgan fingerprint density at radius 3 is 2.38 bits per heavy atom. The van der Waals surface area contributed by atoms with E-state index in [9.17, 15) is 13.2 Å². The predicted molar refractivity (Wildman–Crippen MR) is 51.1 cm³/mol. The smallest absolute Gasteiger partial charge is 0.398 e. The first-order chi connectivity index (χ1) is 5.82. The molecule has 2 nitrogen and oxygen atoms in total. The molecule has 72 valence electrons. The molecule has 2 N–H and O–H groups in total. The summed E-state index contributed by atoms with van der Waals surface area (Å²) in [6.07, 6.45) is -4.43. The average Bonchev–Trinajstić information content (AvgIpc) is 1.97. The van der Waals surface area contributed by atoms with Crippen LogP contribution in [0.5, 0.6) is 0 Å². The lowest BCUT2D eigenvalue weighted by Crippen LogP contribution is -2.10. The van der Waals surface area contributed by atoms with E-state index in [-0.39, 0.29) is 5.69 Å². The number of anilines is 1. The van der Waals surface area contributed by atoms with Crippen LogP contribution >= 0.6 is 22.6 Å². The molecule has 0 fully saturated rings. The summed E-state index contributed by atoms with van der Waals surface area (Å²) < 4.78 is 37.0. The molecule has 1 aromatic heterocycles. The number of nitrogens with two attached hydrogens (primary N) is 1. The number of aryl methyl sites for hydroxylation is 1. The van der Waals surface area contributed by atoms with Crippen molar-refractivity contribution in [3.8, 4) is 0 Å². The molecule has 6 heteroatoms. The first-order valence-corrected chi connectivity index (χ1v) is 4.40. The van der Waals surface area contributed by atoms with Gasteiger partial charge in [-0.15, -0.1) is 0 Å². The molecule has 0 aliphatic rings. The van der Waals surface area contributed by atoms with E-state index < -0.39 is 11.9 Å². The van der Waals surface area contributed by atoms with E-state index in [0.717, 1.165) is 6.07 Å². The maximum absolute atomic E-state index is 12.2. The standard InChI is InChI=1S/C7H6F3IN2/c1-3-6(11)4(12)2-5(13-3)7(8,9)10/h2H,1H3,(H2,12,13). The highest BCUT2D eigenvalue weighted by Gasteiger charge is 2.33. The Labute approximate surface area is 86.5 Å². The minimum atomic E-state index is -4.43. The van der Waals surface area contributed by atoms with Crippen molar-refractivity contribution in [3.05, 3.63) is 21.0 Å². The number of hydrogen-bond donors (Lipinski definition) is 1. The highest BCUT2D eigenvalue weighted by molar-refractivity contribution is 14.1. The Morgan fingerprint density at radius 2 is 2.00 bits per heavy atom. The molecule has 0 spiro atoms. The summed E-state index contributed by atoms with van der Waals surface area (Å²) in [5, 5.41) is 0. The van der Waals surface area contributed by atoms with Gasteiger partial charge in [-0.2, -0.15) is 13.2 Å². The molecule has 13 heavy (non-hydrogen) atoms. The quantitative estimate of drug-likeness (QED) is 0.748. The number of aromatic nitrogens is 1. The zero-order valence-corrected chi connectivity index (χ0v) is 8.77. The van der Waals surface area contributed by atoms with Gasteiger partial charge in [0.15, 0.2) is 0 Å². The molecule has 0 amide bonds. The second kappa shape index (κ2) is 3.32. The lowest BCUT2D eigenvalue weighted by molar-refractivity contribution is -0.141. The van der Waals surface area contributed by atoms with E-state index in [2.05, 4.69) is 4.98 Å². The van der Waals surface area contributed by atoms with Gasteiger partial charge in [-0.05, 0) is 35.6 Å². The van der Waals surface area contributed by atoms with E-state index in [1.54, 1.807) is 0 Å². The second-order valence-electron chi connectivity index (χ2n) is 2.49. The van der Waals surface area contributed by atoms with Crippen molar-refractivity contribution in [1.82, 2.24) is 4.98 Å². The largest absolute Gasteiger partial charge is 0.433 e. The van der Waals surface area contributed by atoms with Crippen LogP contribution in [0, 0.1) is 10.5 Å². The highest BCUT2D eigenvalue weighted by atomic mass is 127. The second-order valence-corrected chi connectivity index (χ2v) is 3.57. The van der Waals surface area contributed by atoms with Crippen LogP contribution in [0.4, 0.5) is 18.9 Å². The summed E-state index contributed by atoms with van der Waals surface area (Å²) in [7, 11) is 0. The van der Waals surface area contributed by atoms with Crippen molar-refractivity contribution in [2.75, 3.05) is 5.73 Å². The summed E-state index contributed by atoms with van der Waals surface area (Å²) >= 11 is 1.86. The van der Waals surface area contributed by atoms with Crippen molar-refractivity contribution >= 4 is 28.3 Å². The van der Waals surface area contributed by atoms with E-state index in [1.807, 2.05) is 22.6 Å². The topological polar surface area (TPSA) is 38.9 Å². The van der Waals surface area contributed by atoms with Crippen molar-refractivity contribution in [3.63, 3.8) is 0 Å². The first kappa shape index (κ1) is 10.6. The van der Waals surface area contributed by atoms with Crippen molar-refractivity contribution in [1.29, 1.82) is 0 Å². The molecular formula is C7H6F3IN2. The fourth-order valence-corrected chi connectivity index (χ4v) is 1.10. The molecule has 0 unspecified atom stereocenters. The van der Waals surface area contributed by atoms with Gasteiger partial charge >= 0.3 is 6.18 Å². The monoisotopic (exact) mass is 302 g/mol. The van der Waals surface area contributed by atoms with Gasteiger partial charge in [-0.25, -0.2) is 4.98 Å². The van der Waals surface area contributed by atoms with Gasteiger partial charge in [0.25, 0.3) is 0 Å². The Balaban J connectivity index is 3.29. The van der Waals surface area contributed by atoms with Crippen LogP contribution in [0.3, 0.4) is 0 Å². The molecular weight excluding hydrogens is 296 g/mol. The minimum Gasteiger partial charge on any atom is -0.398 e. The number of rotatable bonds is 0. The van der Waals surface area contributed by atoms with Gasteiger partial charge in [-0.1, -0.05) is 0 Å². The fraction of sp³-hybridized carbons (Fsp3) is 0.286. The van der Waals surface area contributed by atoms with Gasteiger partial charge < -0.3 is 5.73 Å². The maximum atomic E-state index is 12.2. The van der Waals surface area contributed by atoms with Gasteiger partial charge in [0, 0.05) is 5.69 Å². The third-order valence-electron chi connectivity index (χ3n) is 1.44. The number of alkyl halides is 3. The predicted octanol–water partition coefficient (Wildman–Crippen LogP) is 2.60. The molecule has 0 aliphatic heterocycles. The number of hydrogen-bond acceptors (Lipinski definition) is 2. The third kappa shape index (κ3) is 2.23. The van der Waals surface area contributed by atoms with Crippen molar-refractivity contribution in [2.45, 2.75) is 13.1 Å². The summed E-state index contributed by atoms with van der Waals surface area (Å²) in [6, 6.07) is 0.842. The summed E-state index contributed by atoms with van der Waals surface area (Å²) in [5.74, 6) is 0. The maximum Gasteiger partial charge on any atom is 0.433 e. The van der Waals surface area contributed by atoms with Crippen molar-refractivity contribution in [2.24, 2.45) is 0 Å². The molecule has 0 aromatic carbocycles. The van der Waals surface area contributed by atoms with Gasteiger partial charge in [0.05, 0.1) is 9.26 Å². The molecule has 1 rings (SSSR count). The molecule has 0 aliphatic carbocycles. The van der Waals surface area contributed by atoms with Crippen LogP contribution in [-0.4, -0.2) is 4.98 Å². The molecule has 1 heterocycles. The number of pyridine rings is 1. The van der Waals surface area contributed by atoms with Crippen LogP contribution in [0.15, 0.2) is 6.07 Å². The Kier molecular flexibility index (Phi) is 2.69. The fourth-order valence-electron chi connectivity index (χ4n) is 0.827. The van der Waals surface area contributed by atoms with Gasteiger partial charge in [0.2, 0.25) is 0 Å². The zero-order chi connectivity index (χ0) is 10.2. The summed E-state index contributed by atoms with van der Waals surface area (Å²) in [5.41, 5.74) is 4.84. The first-order valence-electron chi connectivity index (χ1n) is 3.32. The highest BCUT2D eigenvalue weighted by Crippen LogP contribution is 2.30. The number of nitrogen functional groups attached to an aromatic ring is 1. The lowest BCUT2D eigenvalue weighted by Gasteiger charge is -2.09. The van der Waals surface area contributed by atoms with Crippen molar-refractivity contribution < 1.29 is 13.2 Å². The van der Waals surface area contributed by atoms with E-state index >= 15 is 0 Å². The molecule has 1 aromatic rings. The van der Waals surface area contributed by atoms with Crippen LogP contribution in [-0.2, 0) is 6.18 Å². The summed E-state index contributed by atoms with van der Waals surface area (Å²) in [4.78, 5) is 3.39. The number of nitrogens with zero attached hydrogens (tertiary/aromatic N) is 1. The van der Waals surface area contributed by atoms with E-state index in [4.69, 9.17) is 5.73 Å². The Bertz CT molecular complexity index is 312. The molecule has 0 atom stereocenters. The minimum absolute atomic E-state index is 0.112. The van der Waals surface area contributed by atoms with Gasteiger partial charge in [-0.3, -0.25) is 0 Å². The van der Waals surface area contributed by atoms with E-state index in [1.165, 1.54) is 6.92 Å². The molecule has 0 radical (unpaired) electrons. The normalized spacial score (nSPS) is 11.8. The number of halogens is 4. The molecule has 0 saturated heterocycles. The third-order valence-corrected chi connectivity index (χ3v) is 2.85. The van der Waals surface area contributed by atoms with E-state index in [0.29, 0.717) is 9.26 Å². The Hall–Kier alpha value is -0.530. The van der Waals surface area contributed by atoms with Gasteiger partial charge in [0.1, 0.15) is 5.69 Å². The average molecular weight is 302 g/mol. The Morgan fingerprint density at radius 1 is 1.46 bits per heavy atom. The summed E-state index contributed by atoms with van der Waals surface area (Å²) in [6.45, 7) is 1.49. The SMILES string of the molecule is Cc1nc(C(F)(F)F)cc(N)c1I. The molecule has 0 saturated carbocycles. The van der Waals surface area contributed by atoms with Crippen LogP contribution in [0.1, 0.15) is 11.4 Å². The van der Waals surface area contributed by atoms with Crippen LogP contribution in [0.2, 0.25) is 0 Å². The zero-order valence-electron chi connectivity index (χ0n) is 6.61. The van der Waals surface area contributed by atoms with Crippen LogP contribution < -0.4 is 5.73 Å².